The smallest absolute Gasteiger partial charge is 0.296 e. The molecule has 0 saturated heterocycles. The number of rotatable bonds is 5. The number of benzene rings is 1. The van der Waals surface area contributed by atoms with Gasteiger partial charge in [0.2, 0.25) is 0 Å². The summed E-state index contributed by atoms with van der Waals surface area (Å²) in [6.45, 7) is 6.34. The van der Waals surface area contributed by atoms with Crippen LogP contribution in [0.3, 0.4) is 0 Å². The first kappa shape index (κ1) is 15.3. The molecule has 0 aliphatic carbocycles. The van der Waals surface area contributed by atoms with Crippen molar-refractivity contribution in [2.45, 2.75) is 40.0 Å². The Hall–Kier alpha value is -2.10. The first-order valence-corrected chi connectivity index (χ1v) is 7.34. The van der Waals surface area contributed by atoms with Crippen LogP contribution in [-0.4, -0.2) is 28.4 Å². The summed E-state index contributed by atoms with van der Waals surface area (Å²) in [7, 11) is 0. The van der Waals surface area contributed by atoms with Gasteiger partial charge in [-0.1, -0.05) is 38.0 Å². The highest BCUT2D eigenvalue weighted by molar-refractivity contribution is 6.34. The largest absolute Gasteiger partial charge is 0.502 e. The zero-order valence-electron chi connectivity index (χ0n) is 12.8. The Morgan fingerprint density at radius 1 is 1.05 bits per heavy atom. The van der Waals surface area contributed by atoms with Crippen LogP contribution in [0.15, 0.2) is 24.0 Å². The van der Waals surface area contributed by atoms with Gasteiger partial charge in [0, 0.05) is 6.54 Å². The van der Waals surface area contributed by atoms with E-state index in [2.05, 4.69) is 6.92 Å². The molecule has 1 aliphatic heterocycles. The van der Waals surface area contributed by atoms with E-state index in [1.54, 1.807) is 6.07 Å². The fourth-order valence-corrected chi connectivity index (χ4v) is 2.44. The second-order valence-electron chi connectivity index (χ2n) is 5.49. The lowest BCUT2D eigenvalue weighted by atomic mass is 10.00. The number of aliphatic hydroxyl groups excluding tert-OH is 1. The molecule has 0 radical (unpaired) electrons. The number of aryl methyl sites for hydroxylation is 2. The Balaban J connectivity index is 2.29. The van der Waals surface area contributed by atoms with Gasteiger partial charge in [0.05, 0.1) is 5.57 Å². The molecular formula is C17H21NO3. The van der Waals surface area contributed by atoms with Gasteiger partial charge in [-0.25, -0.2) is 0 Å². The normalized spacial score (nSPS) is 15.3. The SMILES string of the molecule is CCCCCN1C(=O)C(O)=C(c2ccc(C)c(C)c2)C1=O. The third kappa shape index (κ3) is 2.84. The lowest BCUT2D eigenvalue weighted by Gasteiger charge is -2.14. The van der Waals surface area contributed by atoms with E-state index in [1.165, 1.54) is 0 Å². The molecule has 2 amide bonds. The van der Waals surface area contributed by atoms with Crippen molar-refractivity contribution in [1.82, 2.24) is 4.90 Å². The maximum absolute atomic E-state index is 12.4. The highest BCUT2D eigenvalue weighted by Crippen LogP contribution is 2.29. The number of hydrogen-bond donors (Lipinski definition) is 1. The number of carbonyl (C=O) groups is 2. The van der Waals surface area contributed by atoms with Crippen LogP contribution in [0, 0.1) is 13.8 Å². The van der Waals surface area contributed by atoms with Crippen LogP contribution in [0.1, 0.15) is 42.9 Å². The topological polar surface area (TPSA) is 57.6 Å². The zero-order valence-corrected chi connectivity index (χ0v) is 12.8. The minimum atomic E-state index is -0.579. The van der Waals surface area contributed by atoms with Crippen molar-refractivity contribution in [3.8, 4) is 0 Å². The van der Waals surface area contributed by atoms with Gasteiger partial charge in [-0.2, -0.15) is 0 Å². The molecule has 4 heteroatoms. The van der Waals surface area contributed by atoms with E-state index < -0.39 is 17.6 Å². The molecule has 1 aromatic rings. The second-order valence-corrected chi connectivity index (χ2v) is 5.49. The molecule has 0 aromatic heterocycles. The molecule has 2 rings (SSSR count). The number of nitrogens with zero attached hydrogens (tertiary/aromatic N) is 1. The highest BCUT2D eigenvalue weighted by atomic mass is 16.3. The molecule has 1 N–H and O–H groups in total. The summed E-state index contributed by atoms with van der Waals surface area (Å²) < 4.78 is 0. The third-order valence-electron chi connectivity index (χ3n) is 3.92. The van der Waals surface area contributed by atoms with Crippen LogP contribution in [0.2, 0.25) is 0 Å². The number of carbonyl (C=O) groups excluding carboxylic acids is 2. The van der Waals surface area contributed by atoms with Crippen molar-refractivity contribution >= 4 is 17.4 Å². The predicted molar refractivity (Wildman–Crippen MR) is 81.7 cm³/mol. The van der Waals surface area contributed by atoms with Gasteiger partial charge < -0.3 is 5.11 Å². The Bertz CT molecular complexity index is 616. The van der Waals surface area contributed by atoms with Crippen LogP contribution in [0.4, 0.5) is 0 Å². The van der Waals surface area contributed by atoms with Gasteiger partial charge in [-0.05, 0) is 37.0 Å². The lowest BCUT2D eigenvalue weighted by Crippen LogP contribution is -2.32. The molecule has 0 fully saturated rings. The van der Waals surface area contributed by atoms with Crippen molar-refractivity contribution < 1.29 is 14.7 Å². The number of imide groups is 1. The van der Waals surface area contributed by atoms with Crippen molar-refractivity contribution in [3.63, 3.8) is 0 Å². The summed E-state index contributed by atoms with van der Waals surface area (Å²) in [5, 5.41) is 10.0. The molecule has 0 saturated carbocycles. The zero-order chi connectivity index (χ0) is 15.6. The second kappa shape index (κ2) is 6.12. The summed E-state index contributed by atoms with van der Waals surface area (Å²) in [6.07, 6.45) is 2.73. The molecule has 4 nitrogen and oxygen atoms in total. The van der Waals surface area contributed by atoms with E-state index in [9.17, 15) is 14.7 Å². The first-order valence-electron chi connectivity index (χ1n) is 7.34. The van der Waals surface area contributed by atoms with Crippen molar-refractivity contribution in [3.05, 3.63) is 40.6 Å². The van der Waals surface area contributed by atoms with E-state index in [0.717, 1.165) is 35.3 Å². The van der Waals surface area contributed by atoms with Crippen molar-refractivity contribution in [2.75, 3.05) is 6.54 Å². The Morgan fingerprint density at radius 2 is 1.76 bits per heavy atom. The van der Waals surface area contributed by atoms with Crippen LogP contribution >= 0.6 is 0 Å². The minimum Gasteiger partial charge on any atom is -0.502 e. The quantitative estimate of drug-likeness (QED) is 0.668. The van der Waals surface area contributed by atoms with Crippen LogP contribution < -0.4 is 0 Å². The van der Waals surface area contributed by atoms with Gasteiger partial charge in [-0.15, -0.1) is 0 Å². The van der Waals surface area contributed by atoms with Gasteiger partial charge >= 0.3 is 0 Å². The van der Waals surface area contributed by atoms with E-state index >= 15 is 0 Å². The standard InChI is InChI=1S/C17H21NO3/c1-4-5-6-9-18-16(20)14(15(19)17(18)21)13-8-7-11(2)12(3)10-13/h7-8,10,19H,4-6,9H2,1-3H3. The van der Waals surface area contributed by atoms with E-state index in [1.807, 2.05) is 26.0 Å². The highest BCUT2D eigenvalue weighted by Gasteiger charge is 2.38. The molecule has 21 heavy (non-hydrogen) atoms. The molecule has 1 aliphatic rings. The summed E-state index contributed by atoms with van der Waals surface area (Å²) in [6, 6.07) is 5.50. The van der Waals surface area contributed by atoms with Crippen LogP contribution in [0.5, 0.6) is 0 Å². The summed E-state index contributed by atoms with van der Waals surface area (Å²) in [5.74, 6) is -1.40. The van der Waals surface area contributed by atoms with Crippen molar-refractivity contribution in [1.29, 1.82) is 0 Å². The molecule has 112 valence electrons. The van der Waals surface area contributed by atoms with Gasteiger partial charge in [0.15, 0.2) is 5.76 Å². The Morgan fingerprint density at radius 3 is 2.38 bits per heavy atom. The summed E-state index contributed by atoms with van der Waals surface area (Å²) in [4.78, 5) is 25.6. The first-order chi connectivity index (χ1) is 9.97. The molecule has 0 atom stereocenters. The molecule has 0 bridgehead atoms. The third-order valence-corrected chi connectivity index (χ3v) is 3.92. The fraction of sp³-hybridized carbons (Fsp3) is 0.412. The fourth-order valence-electron chi connectivity index (χ4n) is 2.44. The Kier molecular flexibility index (Phi) is 4.46. The van der Waals surface area contributed by atoms with E-state index in [0.29, 0.717) is 12.1 Å². The number of unbranched alkanes of at least 4 members (excludes halogenated alkanes) is 2. The van der Waals surface area contributed by atoms with Gasteiger partial charge in [0.25, 0.3) is 11.8 Å². The average Bonchev–Trinajstić information content (AvgIpc) is 2.66. The lowest BCUT2D eigenvalue weighted by molar-refractivity contribution is -0.138. The maximum atomic E-state index is 12.4. The van der Waals surface area contributed by atoms with Crippen LogP contribution in [0.25, 0.3) is 5.57 Å². The van der Waals surface area contributed by atoms with Gasteiger partial charge in [0.1, 0.15) is 0 Å². The molecule has 0 unspecified atom stereocenters. The average molecular weight is 287 g/mol. The maximum Gasteiger partial charge on any atom is 0.296 e. The van der Waals surface area contributed by atoms with Crippen molar-refractivity contribution in [2.24, 2.45) is 0 Å². The Labute approximate surface area is 125 Å². The minimum absolute atomic E-state index is 0.125. The number of aliphatic hydroxyl groups is 1. The summed E-state index contributed by atoms with van der Waals surface area (Å²) >= 11 is 0. The number of amides is 2. The monoisotopic (exact) mass is 287 g/mol. The predicted octanol–water partition coefficient (Wildman–Crippen LogP) is 3.13. The van der Waals surface area contributed by atoms with Crippen LogP contribution in [-0.2, 0) is 9.59 Å². The molecule has 1 heterocycles. The van der Waals surface area contributed by atoms with Gasteiger partial charge in [-0.3, -0.25) is 14.5 Å². The number of hydrogen-bond acceptors (Lipinski definition) is 3. The molecule has 0 spiro atoms. The molecule has 1 aromatic carbocycles. The summed E-state index contributed by atoms with van der Waals surface area (Å²) in [5.41, 5.74) is 2.86. The van der Waals surface area contributed by atoms with E-state index in [-0.39, 0.29) is 5.57 Å². The van der Waals surface area contributed by atoms with E-state index in [4.69, 9.17) is 0 Å². The molecular weight excluding hydrogens is 266 g/mol.